The molecule has 0 fully saturated rings. The fourth-order valence-corrected chi connectivity index (χ4v) is 1.99. The van der Waals surface area contributed by atoms with E-state index in [0.717, 1.165) is 5.56 Å². The van der Waals surface area contributed by atoms with Gasteiger partial charge in [0, 0.05) is 19.7 Å². The van der Waals surface area contributed by atoms with E-state index in [1.807, 2.05) is 0 Å². The van der Waals surface area contributed by atoms with Crippen molar-refractivity contribution in [3.05, 3.63) is 59.9 Å². The molecule has 2 rings (SSSR count). The van der Waals surface area contributed by atoms with Gasteiger partial charge in [0.1, 0.15) is 11.6 Å². The predicted molar refractivity (Wildman–Crippen MR) is 96.7 cm³/mol. The third kappa shape index (κ3) is 6.78. The van der Waals surface area contributed by atoms with Crippen LogP contribution in [0.3, 0.4) is 0 Å². The molecule has 0 aliphatic rings. The minimum Gasteiger partial charge on any atom is -0.508 e. The first kappa shape index (κ1) is 19.2. The summed E-state index contributed by atoms with van der Waals surface area (Å²) in [7, 11) is 0. The number of carbonyl (C=O) groups is 1. The minimum absolute atomic E-state index is 0.0163. The van der Waals surface area contributed by atoms with Crippen molar-refractivity contribution in [2.45, 2.75) is 13.0 Å². The number of phenolic OH excluding ortho intramolecular Hbond substituents is 1. The third-order valence-electron chi connectivity index (χ3n) is 3.32. The van der Waals surface area contributed by atoms with Gasteiger partial charge in [0.05, 0.1) is 5.69 Å². The van der Waals surface area contributed by atoms with E-state index in [0.29, 0.717) is 25.2 Å². The van der Waals surface area contributed by atoms with Crippen LogP contribution in [0.25, 0.3) is 0 Å². The molecule has 138 valence electrons. The Morgan fingerprint density at radius 3 is 2.38 bits per heavy atom. The maximum Gasteiger partial charge on any atom is 0.321 e. The highest BCUT2D eigenvalue weighted by Gasteiger charge is 2.06. The van der Waals surface area contributed by atoms with E-state index in [1.165, 1.54) is 24.3 Å². The van der Waals surface area contributed by atoms with E-state index in [9.17, 15) is 14.3 Å². The standard InChI is InChI=1S/C18H21FN4O3/c19-14-4-2-13(3-5-14)12-21-17(23-18(26)20-10-1-11-24)22-15-6-8-16(25)9-7-15/h2-9,24-25H,1,10-12H2,(H3,20,21,22,23,26). The number of aliphatic hydroxyl groups is 1. The van der Waals surface area contributed by atoms with E-state index in [-0.39, 0.29) is 24.1 Å². The number of guanidine groups is 1. The van der Waals surface area contributed by atoms with Crippen molar-refractivity contribution in [3.8, 4) is 5.75 Å². The van der Waals surface area contributed by atoms with Gasteiger partial charge in [-0.15, -0.1) is 0 Å². The van der Waals surface area contributed by atoms with Crippen LogP contribution in [0.15, 0.2) is 53.5 Å². The fraction of sp³-hybridized carbons (Fsp3) is 0.222. The number of aliphatic imine (C=N–C) groups is 1. The number of aromatic hydroxyl groups is 1. The van der Waals surface area contributed by atoms with Crippen molar-refractivity contribution in [2.24, 2.45) is 4.99 Å². The summed E-state index contributed by atoms with van der Waals surface area (Å²) >= 11 is 0. The molecular formula is C18H21FN4O3. The van der Waals surface area contributed by atoms with Crippen molar-refractivity contribution in [1.82, 2.24) is 16.0 Å². The molecule has 2 aromatic rings. The van der Waals surface area contributed by atoms with Crippen LogP contribution in [0.2, 0.25) is 0 Å². The molecule has 5 N–H and O–H groups in total. The normalized spacial score (nSPS) is 11.1. The molecule has 0 aliphatic heterocycles. The molecule has 2 amide bonds. The van der Waals surface area contributed by atoms with Gasteiger partial charge in [-0.3, -0.25) is 5.32 Å². The number of hydrogen-bond acceptors (Lipinski definition) is 4. The summed E-state index contributed by atoms with van der Waals surface area (Å²) in [6.45, 7) is 0.637. The van der Waals surface area contributed by atoms with Crippen molar-refractivity contribution in [1.29, 1.82) is 0 Å². The first-order valence-electron chi connectivity index (χ1n) is 8.08. The maximum absolute atomic E-state index is 13.0. The Balaban J connectivity index is 2.05. The van der Waals surface area contributed by atoms with Crippen molar-refractivity contribution in [2.75, 3.05) is 13.2 Å². The van der Waals surface area contributed by atoms with Crippen molar-refractivity contribution < 1.29 is 19.4 Å². The van der Waals surface area contributed by atoms with E-state index >= 15 is 0 Å². The number of rotatable bonds is 6. The van der Waals surface area contributed by atoms with Crippen molar-refractivity contribution >= 4 is 17.7 Å². The number of aliphatic hydroxyl groups excluding tert-OH is 1. The molecule has 0 atom stereocenters. The molecular weight excluding hydrogens is 339 g/mol. The van der Waals surface area contributed by atoms with Gasteiger partial charge in [0.25, 0.3) is 0 Å². The summed E-state index contributed by atoms with van der Waals surface area (Å²) < 4.78 is 13.0. The fourth-order valence-electron chi connectivity index (χ4n) is 1.99. The lowest BCUT2D eigenvalue weighted by Gasteiger charge is -2.12. The Morgan fingerprint density at radius 2 is 1.73 bits per heavy atom. The average molecular weight is 360 g/mol. The lowest BCUT2D eigenvalue weighted by molar-refractivity contribution is 0.242. The zero-order valence-corrected chi connectivity index (χ0v) is 14.1. The molecule has 8 heteroatoms. The molecule has 7 nitrogen and oxygen atoms in total. The molecule has 0 bridgehead atoms. The molecule has 26 heavy (non-hydrogen) atoms. The highest BCUT2D eigenvalue weighted by molar-refractivity contribution is 5.97. The van der Waals surface area contributed by atoms with Gasteiger partial charge in [-0.05, 0) is 48.4 Å². The van der Waals surface area contributed by atoms with Crippen LogP contribution < -0.4 is 16.0 Å². The lowest BCUT2D eigenvalue weighted by Crippen LogP contribution is -2.45. The zero-order valence-electron chi connectivity index (χ0n) is 14.1. The van der Waals surface area contributed by atoms with Crippen LogP contribution in [-0.4, -0.2) is 35.4 Å². The number of phenols is 1. The van der Waals surface area contributed by atoms with Gasteiger partial charge in [-0.1, -0.05) is 12.1 Å². The SMILES string of the molecule is O=C(NCCCO)N/C(=N\c1ccc(O)cc1)NCc1ccc(F)cc1. The molecule has 0 radical (unpaired) electrons. The molecule has 0 aromatic heterocycles. The second-order valence-corrected chi connectivity index (χ2v) is 5.41. The number of nitrogens with zero attached hydrogens (tertiary/aromatic N) is 1. The van der Waals surface area contributed by atoms with Crippen LogP contribution >= 0.6 is 0 Å². The first-order valence-corrected chi connectivity index (χ1v) is 8.08. The monoisotopic (exact) mass is 360 g/mol. The van der Waals surface area contributed by atoms with Crippen LogP contribution in [0.1, 0.15) is 12.0 Å². The predicted octanol–water partition coefficient (Wildman–Crippen LogP) is 1.99. The van der Waals surface area contributed by atoms with Crippen LogP contribution in [0, 0.1) is 5.82 Å². The number of benzene rings is 2. The van der Waals surface area contributed by atoms with Gasteiger partial charge in [0.15, 0.2) is 0 Å². The summed E-state index contributed by atoms with van der Waals surface area (Å²) in [6.07, 6.45) is 0.445. The maximum atomic E-state index is 13.0. The van der Waals surface area contributed by atoms with Crippen molar-refractivity contribution in [3.63, 3.8) is 0 Å². The van der Waals surface area contributed by atoms with E-state index in [2.05, 4.69) is 20.9 Å². The Bertz CT molecular complexity index is 733. The highest BCUT2D eigenvalue weighted by atomic mass is 19.1. The Kier molecular flexibility index (Phi) is 7.38. The van der Waals surface area contributed by atoms with Crippen LogP contribution in [0.4, 0.5) is 14.9 Å². The van der Waals surface area contributed by atoms with Gasteiger partial charge in [-0.25, -0.2) is 14.2 Å². The molecule has 0 heterocycles. The number of hydrogen-bond donors (Lipinski definition) is 5. The Morgan fingerprint density at radius 1 is 1.04 bits per heavy atom. The van der Waals surface area contributed by atoms with Gasteiger partial charge in [-0.2, -0.15) is 0 Å². The first-order chi connectivity index (χ1) is 12.6. The average Bonchev–Trinajstić information content (AvgIpc) is 2.63. The summed E-state index contributed by atoms with van der Waals surface area (Å²) in [5.74, 6) is -0.0193. The van der Waals surface area contributed by atoms with Gasteiger partial charge in [0.2, 0.25) is 5.96 Å². The number of carbonyl (C=O) groups excluding carboxylic acids is 1. The lowest BCUT2D eigenvalue weighted by atomic mass is 10.2. The molecule has 0 saturated heterocycles. The molecule has 0 saturated carbocycles. The number of amides is 2. The van der Waals surface area contributed by atoms with E-state index in [1.54, 1.807) is 24.3 Å². The zero-order chi connectivity index (χ0) is 18.8. The second-order valence-electron chi connectivity index (χ2n) is 5.41. The summed E-state index contributed by atoms with van der Waals surface area (Å²) in [4.78, 5) is 16.2. The number of nitrogens with one attached hydrogen (secondary N) is 3. The number of halogens is 1. The van der Waals surface area contributed by atoms with E-state index < -0.39 is 6.03 Å². The van der Waals surface area contributed by atoms with E-state index in [4.69, 9.17) is 5.11 Å². The smallest absolute Gasteiger partial charge is 0.321 e. The van der Waals surface area contributed by atoms with Crippen LogP contribution in [0.5, 0.6) is 5.75 Å². The number of urea groups is 1. The molecule has 2 aromatic carbocycles. The Labute approximate surface area is 150 Å². The summed E-state index contributed by atoms with van der Waals surface area (Å²) in [5, 5.41) is 26.3. The topological polar surface area (TPSA) is 106 Å². The third-order valence-corrected chi connectivity index (χ3v) is 3.32. The summed E-state index contributed by atoms with van der Waals surface area (Å²) in [5.41, 5.74) is 1.34. The second kappa shape index (κ2) is 10.00. The van der Waals surface area contributed by atoms with Crippen LogP contribution in [-0.2, 0) is 6.54 Å². The highest BCUT2D eigenvalue weighted by Crippen LogP contribution is 2.16. The van der Waals surface area contributed by atoms with Gasteiger partial charge < -0.3 is 20.8 Å². The Hall–Kier alpha value is -3.13. The van der Waals surface area contributed by atoms with Gasteiger partial charge >= 0.3 is 6.03 Å². The quantitative estimate of drug-likeness (QED) is 0.309. The minimum atomic E-state index is -0.470. The molecule has 0 aliphatic carbocycles. The summed E-state index contributed by atoms with van der Waals surface area (Å²) in [6, 6.07) is 11.6. The molecule has 0 unspecified atom stereocenters. The largest absolute Gasteiger partial charge is 0.508 e. The molecule has 0 spiro atoms.